The summed E-state index contributed by atoms with van der Waals surface area (Å²) in [6, 6.07) is 2.28. The molecular weight excluding hydrogens is 262 g/mol. The molecular formula is C13H19N3O4. The van der Waals surface area contributed by atoms with Crippen LogP contribution in [0.4, 0.5) is 10.6 Å². The third-order valence-corrected chi connectivity index (χ3v) is 2.56. The van der Waals surface area contributed by atoms with Crippen molar-refractivity contribution in [2.45, 2.75) is 32.2 Å². The Morgan fingerprint density at radius 2 is 2.25 bits per heavy atom. The number of rotatable bonds is 7. The van der Waals surface area contributed by atoms with Crippen molar-refractivity contribution in [3.05, 3.63) is 23.9 Å². The van der Waals surface area contributed by atoms with Crippen molar-refractivity contribution in [1.82, 2.24) is 4.98 Å². The fourth-order valence-electron chi connectivity index (χ4n) is 1.41. The van der Waals surface area contributed by atoms with E-state index in [1.54, 1.807) is 12.1 Å². The van der Waals surface area contributed by atoms with Crippen LogP contribution in [0.5, 0.6) is 0 Å². The average molecular weight is 281 g/mol. The van der Waals surface area contributed by atoms with Crippen LogP contribution in [-0.4, -0.2) is 34.8 Å². The van der Waals surface area contributed by atoms with Crippen molar-refractivity contribution in [2.75, 3.05) is 11.9 Å². The van der Waals surface area contributed by atoms with Crippen molar-refractivity contribution in [2.24, 2.45) is 5.73 Å². The minimum atomic E-state index is -1.06. The van der Waals surface area contributed by atoms with Crippen LogP contribution in [0.25, 0.3) is 0 Å². The molecule has 0 aliphatic heterocycles. The maximum atomic E-state index is 11.4. The van der Waals surface area contributed by atoms with Gasteiger partial charge in [0.05, 0.1) is 6.61 Å². The van der Waals surface area contributed by atoms with Crippen molar-refractivity contribution in [1.29, 1.82) is 0 Å². The molecule has 1 aromatic rings. The van der Waals surface area contributed by atoms with Crippen LogP contribution >= 0.6 is 0 Å². The van der Waals surface area contributed by atoms with Crippen LogP contribution in [0.1, 0.15) is 25.3 Å². The van der Waals surface area contributed by atoms with Gasteiger partial charge in [-0.1, -0.05) is 19.4 Å². The molecule has 1 atom stereocenters. The van der Waals surface area contributed by atoms with Gasteiger partial charge in [0.1, 0.15) is 11.9 Å². The number of carboxylic acids is 1. The molecule has 1 unspecified atom stereocenters. The summed E-state index contributed by atoms with van der Waals surface area (Å²) in [6.45, 7) is 2.37. The zero-order chi connectivity index (χ0) is 15.0. The van der Waals surface area contributed by atoms with Gasteiger partial charge in [-0.2, -0.15) is 0 Å². The van der Waals surface area contributed by atoms with Gasteiger partial charge in [0.2, 0.25) is 0 Å². The average Bonchev–Trinajstić information content (AvgIpc) is 2.41. The molecule has 0 saturated heterocycles. The van der Waals surface area contributed by atoms with Gasteiger partial charge in [-0.05, 0) is 24.5 Å². The fourth-order valence-corrected chi connectivity index (χ4v) is 1.41. The van der Waals surface area contributed by atoms with E-state index in [2.05, 4.69) is 10.3 Å². The molecule has 7 heteroatoms. The first-order valence-electron chi connectivity index (χ1n) is 6.40. The lowest BCUT2D eigenvalue weighted by atomic mass is 10.1. The Hall–Kier alpha value is -2.15. The number of pyridine rings is 1. The Morgan fingerprint density at radius 3 is 2.80 bits per heavy atom. The molecule has 1 heterocycles. The second-order valence-corrected chi connectivity index (χ2v) is 4.32. The highest BCUT2D eigenvalue weighted by Crippen LogP contribution is 2.07. The second kappa shape index (κ2) is 8.11. The van der Waals surface area contributed by atoms with Crippen molar-refractivity contribution < 1.29 is 19.4 Å². The van der Waals surface area contributed by atoms with E-state index in [4.69, 9.17) is 15.6 Å². The molecule has 110 valence electrons. The van der Waals surface area contributed by atoms with E-state index in [-0.39, 0.29) is 6.42 Å². The summed E-state index contributed by atoms with van der Waals surface area (Å²) in [6.07, 6.45) is 2.87. The molecule has 1 amide bonds. The number of nitrogens with one attached hydrogen (secondary N) is 1. The Kier molecular flexibility index (Phi) is 6.45. The molecule has 0 bridgehead atoms. The lowest BCUT2D eigenvalue weighted by Gasteiger charge is -2.08. The number of amides is 1. The molecule has 1 rings (SSSR count). The standard InChI is InChI=1S/C13H19N3O4/c1-2-3-6-20-13(19)16-11-5-4-9(8-15-11)7-10(14)12(17)18/h4-5,8,10H,2-3,6-7,14H2,1H3,(H,17,18)(H,15,16,19). The summed E-state index contributed by atoms with van der Waals surface area (Å²) in [5.74, 6) is -0.717. The summed E-state index contributed by atoms with van der Waals surface area (Å²) >= 11 is 0. The van der Waals surface area contributed by atoms with Crippen LogP contribution in [0.3, 0.4) is 0 Å². The highest BCUT2D eigenvalue weighted by molar-refractivity contribution is 5.83. The van der Waals surface area contributed by atoms with Gasteiger partial charge in [0.25, 0.3) is 0 Å². The number of unbranched alkanes of at least 4 members (excludes halogenated alkanes) is 1. The second-order valence-electron chi connectivity index (χ2n) is 4.32. The van der Waals surface area contributed by atoms with E-state index in [0.29, 0.717) is 18.0 Å². The highest BCUT2D eigenvalue weighted by atomic mass is 16.5. The number of aliphatic carboxylic acids is 1. The first kappa shape index (κ1) is 15.9. The zero-order valence-corrected chi connectivity index (χ0v) is 11.3. The maximum absolute atomic E-state index is 11.4. The third kappa shape index (κ3) is 5.66. The molecule has 0 aliphatic carbocycles. The van der Waals surface area contributed by atoms with E-state index < -0.39 is 18.1 Å². The first-order chi connectivity index (χ1) is 9.52. The van der Waals surface area contributed by atoms with Crippen LogP contribution in [-0.2, 0) is 16.0 Å². The molecule has 0 fully saturated rings. The Balaban J connectivity index is 2.46. The van der Waals surface area contributed by atoms with Crippen molar-refractivity contribution >= 4 is 17.9 Å². The normalized spacial score (nSPS) is 11.7. The summed E-state index contributed by atoms with van der Waals surface area (Å²) in [7, 11) is 0. The van der Waals surface area contributed by atoms with Gasteiger partial charge in [0.15, 0.2) is 0 Å². The lowest BCUT2D eigenvalue weighted by molar-refractivity contribution is -0.138. The van der Waals surface area contributed by atoms with Gasteiger partial charge >= 0.3 is 12.1 Å². The smallest absolute Gasteiger partial charge is 0.412 e. The summed E-state index contributed by atoms with van der Waals surface area (Å²) in [4.78, 5) is 26.0. The molecule has 1 aromatic heterocycles. The SMILES string of the molecule is CCCCOC(=O)Nc1ccc(CC(N)C(=O)O)cn1. The molecule has 20 heavy (non-hydrogen) atoms. The molecule has 4 N–H and O–H groups in total. The van der Waals surface area contributed by atoms with Crippen molar-refractivity contribution in [3.8, 4) is 0 Å². The number of nitrogens with zero attached hydrogens (tertiary/aromatic N) is 1. The van der Waals surface area contributed by atoms with Crippen LogP contribution < -0.4 is 11.1 Å². The summed E-state index contributed by atoms with van der Waals surface area (Å²) in [5.41, 5.74) is 6.10. The molecule has 0 radical (unpaired) electrons. The number of hydrogen-bond acceptors (Lipinski definition) is 5. The highest BCUT2D eigenvalue weighted by Gasteiger charge is 2.12. The molecule has 0 saturated carbocycles. The Bertz CT molecular complexity index is 447. The topological polar surface area (TPSA) is 115 Å². The van der Waals surface area contributed by atoms with Crippen LogP contribution in [0.15, 0.2) is 18.3 Å². The van der Waals surface area contributed by atoms with Crippen LogP contribution in [0, 0.1) is 0 Å². The summed E-state index contributed by atoms with van der Waals surface area (Å²) < 4.78 is 4.92. The van der Waals surface area contributed by atoms with E-state index >= 15 is 0 Å². The quantitative estimate of drug-likeness (QED) is 0.650. The van der Waals surface area contributed by atoms with Crippen molar-refractivity contribution in [3.63, 3.8) is 0 Å². The van der Waals surface area contributed by atoms with E-state index in [9.17, 15) is 9.59 Å². The molecule has 7 nitrogen and oxygen atoms in total. The lowest BCUT2D eigenvalue weighted by Crippen LogP contribution is -2.32. The number of hydrogen-bond donors (Lipinski definition) is 3. The molecule has 0 aromatic carbocycles. The van der Waals surface area contributed by atoms with Gasteiger partial charge in [-0.15, -0.1) is 0 Å². The van der Waals surface area contributed by atoms with E-state index in [1.807, 2.05) is 6.92 Å². The number of carboxylic acid groups (broad SMARTS) is 1. The largest absolute Gasteiger partial charge is 0.480 e. The van der Waals surface area contributed by atoms with E-state index in [1.165, 1.54) is 6.20 Å². The zero-order valence-electron chi connectivity index (χ0n) is 11.3. The predicted molar refractivity (Wildman–Crippen MR) is 73.4 cm³/mol. The number of carbonyl (C=O) groups is 2. The predicted octanol–water partition coefficient (Wildman–Crippen LogP) is 1.38. The first-order valence-corrected chi connectivity index (χ1v) is 6.40. The third-order valence-electron chi connectivity index (χ3n) is 2.56. The Labute approximate surface area is 117 Å². The van der Waals surface area contributed by atoms with Gasteiger partial charge in [-0.3, -0.25) is 10.1 Å². The fraction of sp³-hybridized carbons (Fsp3) is 0.462. The number of anilines is 1. The van der Waals surface area contributed by atoms with Gasteiger partial charge < -0.3 is 15.6 Å². The molecule has 0 spiro atoms. The Morgan fingerprint density at radius 1 is 1.50 bits per heavy atom. The summed E-state index contributed by atoms with van der Waals surface area (Å²) in [5, 5.41) is 11.2. The number of carbonyl (C=O) groups excluding carboxylic acids is 1. The maximum Gasteiger partial charge on any atom is 0.412 e. The van der Waals surface area contributed by atoms with Gasteiger partial charge in [-0.25, -0.2) is 9.78 Å². The number of ether oxygens (including phenoxy) is 1. The molecule has 0 aliphatic rings. The monoisotopic (exact) mass is 281 g/mol. The minimum absolute atomic E-state index is 0.184. The number of nitrogens with two attached hydrogens (primary N) is 1. The van der Waals surface area contributed by atoms with E-state index in [0.717, 1.165) is 12.8 Å². The van der Waals surface area contributed by atoms with Crippen LogP contribution in [0.2, 0.25) is 0 Å². The minimum Gasteiger partial charge on any atom is -0.480 e. The number of aromatic nitrogens is 1. The van der Waals surface area contributed by atoms with Gasteiger partial charge in [0, 0.05) is 6.20 Å².